The van der Waals surface area contributed by atoms with Crippen LogP contribution in [0.4, 0.5) is 11.4 Å². The molecule has 36 heavy (non-hydrogen) atoms. The lowest BCUT2D eigenvalue weighted by molar-refractivity contribution is 0.0982. The van der Waals surface area contributed by atoms with Gasteiger partial charge in [0, 0.05) is 34.4 Å². The number of carbonyl (C=O) groups is 1. The first-order chi connectivity index (χ1) is 16.9. The highest BCUT2D eigenvalue weighted by atomic mass is 32.2. The fourth-order valence-corrected chi connectivity index (χ4v) is 7.99. The Bertz CT molecular complexity index is 1410. The summed E-state index contributed by atoms with van der Waals surface area (Å²) in [5, 5.41) is 0. The summed E-state index contributed by atoms with van der Waals surface area (Å²) in [7, 11) is -7.19. The second-order valence-electron chi connectivity index (χ2n) is 10.9. The van der Waals surface area contributed by atoms with Gasteiger partial charge >= 0.3 is 0 Å². The fraction of sp³-hybridized carbons (Fsp3) is 0.500. The van der Waals surface area contributed by atoms with Crippen LogP contribution in [-0.2, 0) is 25.5 Å². The first-order valence-corrected chi connectivity index (χ1v) is 15.9. The molecule has 0 saturated heterocycles. The van der Waals surface area contributed by atoms with Gasteiger partial charge in [0.15, 0.2) is 0 Å². The van der Waals surface area contributed by atoms with Gasteiger partial charge in [0.2, 0.25) is 20.0 Å². The standard InChI is InChI=1S/C26H33N3O5S2/c1-25(12-7-13-25)28-36(33,34)21-9-6-8-19(16-21)24(30)29-18-26(14-4-3-5-15-26)22-17-20(10-11-23(22)29)27-35(2,31)32/h6,8-11,16-17,27-28H,3-5,7,12-15,18H2,1-2H3. The summed E-state index contributed by atoms with van der Waals surface area (Å²) in [6.07, 6.45) is 8.78. The van der Waals surface area contributed by atoms with Crippen LogP contribution in [0.2, 0.25) is 0 Å². The monoisotopic (exact) mass is 531 g/mol. The first-order valence-electron chi connectivity index (χ1n) is 12.5. The molecule has 1 spiro atoms. The zero-order valence-electron chi connectivity index (χ0n) is 20.7. The highest BCUT2D eigenvalue weighted by Crippen LogP contribution is 2.50. The van der Waals surface area contributed by atoms with Crippen LogP contribution in [0.5, 0.6) is 0 Å². The van der Waals surface area contributed by atoms with Crippen molar-refractivity contribution in [2.45, 2.75) is 74.1 Å². The quantitative estimate of drug-likeness (QED) is 0.582. The molecule has 10 heteroatoms. The van der Waals surface area contributed by atoms with Crippen molar-refractivity contribution in [2.24, 2.45) is 0 Å². The summed E-state index contributed by atoms with van der Waals surface area (Å²) in [5.74, 6) is -0.255. The second-order valence-corrected chi connectivity index (χ2v) is 14.3. The number of benzene rings is 2. The Hall–Kier alpha value is -2.43. The Balaban J connectivity index is 1.48. The van der Waals surface area contributed by atoms with Crippen LogP contribution < -0.4 is 14.3 Å². The number of sulfonamides is 2. The SMILES string of the molecule is CC1(NS(=O)(=O)c2cccc(C(=O)N3CC4(CCCCC4)c4cc(NS(C)(=O)=O)ccc43)c2)CCC1. The smallest absolute Gasteiger partial charge is 0.258 e. The van der Waals surface area contributed by atoms with Crippen molar-refractivity contribution in [3.8, 4) is 0 Å². The van der Waals surface area contributed by atoms with E-state index in [1.165, 1.54) is 12.1 Å². The molecule has 8 nitrogen and oxygen atoms in total. The second kappa shape index (κ2) is 8.85. The third-order valence-corrected chi connectivity index (χ3v) is 10.2. The molecule has 2 fully saturated rings. The van der Waals surface area contributed by atoms with E-state index < -0.39 is 25.6 Å². The molecular formula is C26H33N3O5S2. The minimum atomic E-state index is -3.75. The van der Waals surface area contributed by atoms with Crippen LogP contribution >= 0.6 is 0 Å². The maximum absolute atomic E-state index is 13.8. The van der Waals surface area contributed by atoms with E-state index in [9.17, 15) is 21.6 Å². The summed E-state index contributed by atoms with van der Waals surface area (Å²) in [4.78, 5) is 15.6. The van der Waals surface area contributed by atoms with Crippen LogP contribution in [0.1, 0.15) is 74.2 Å². The van der Waals surface area contributed by atoms with E-state index >= 15 is 0 Å². The largest absolute Gasteiger partial charge is 0.307 e. The molecule has 1 amide bonds. The molecule has 0 unspecified atom stereocenters. The van der Waals surface area contributed by atoms with E-state index in [0.29, 0.717) is 17.8 Å². The van der Waals surface area contributed by atoms with Crippen molar-refractivity contribution < 1.29 is 21.6 Å². The van der Waals surface area contributed by atoms with Gasteiger partial charge in [-0.05, 0) is 81.0 Å². The van der Waals surface area contributed by atoms with Crippen molar-refractivity contribution in [1.29, 1.82) is 0 Å². The van der Waals surface area contributed by atoms with Gasteiger partial charge in [-0.25, -0.2) is 21.6 Å². The molecule has 0 aromatic heterocycles. The van der Waals surface area contributed by atoms with Crippen LogP contribution in [0.3, 0.4) is 0 Å². The summed E-state index contributed by atoms with van der Waals surface area (Å²) in [6, 6.07) is 11.6. The lowest BCUT2D eigenvalue weighted by atomic mass is 9.70. The lowest BCUT2D eigenvalue weighted by Crippen LogP contribution is -2.50. The number of nitrogens with one attached hydrogen (secondary N) is 2. The van der Waals surface area contributed by atoms with Gasteiger partial charge in [0.05, 0.1) is 11.2 Å². The molecule has 1 heterocycles. The molecule has 2 aromatic carbocycles. The molecule has 1 aliphatic heterocycles. The van der Waals surface area contributed by atoms with E-state index in [-0.39, 0.29) is 16.2 Å². The number of carbonyl (C=O) groups excluding carboxylic acids is 1. The fourth-order valence-electron chi connectivity index (χ4n) is 5.93. The van der Waals surface area contributed by atoms with E-state index in [1.807, 2.05) is 13.0 Å². The van der Waals surface area contributed by atoms with Gasteiger partial charge < -0.3 is 4.90 Å². The number of amides is 1. The third-order valence-electron chi connectivity index (χ3n) is 7.91. The summed E-state index contributed by atoms with van der Waals surface area (Å²) in [5.41, 5.74) is 1.87. The Kier molecular flexibility index (Phi) is 6.20. The molecule has 2 saturated carbocycles. The maximum atomic E-state index is 13.8. The van der Waals surface area contributed by atoms with Crippen molar-refractivity contribution in [3.05, 3.63) is 53.6 Å². The Morgan fingerprint density at radius 3 is 2.28 bits per heavy atom. The number of nitrogens with zero attached hydrogens (tertiary/aromatic N) is 1. The van der Waals surface area contributed by atoms with Crippen LogP contribution in [0.15, 0.2) is 47.4 Å². The summed E-state index contributed by atoms with van der Waals surface area (Å²) < 4.78 is 55.1. The number of anilines is 2. The highest BCUT2D eigenvalue weighted by molar-refractivity contribution is 7.92. The predicted octanol–water partition coefficient (Wildman–Crippen LogP) is 4.14. The van der Waals surface area contributed by atoms with Crippen LogP contribution in [0.25, 0.3) is 0 Å². The average molecular weight is 532 g/mol. The molecule has 3 aliphatic rings. The zero-order valence-corrected chi connectivity index (χ0v) is 22.3. The normalized spacial score (nSPS) is 20.6. The highest BCUT2D eigenvalue weighted by Gasteiger charge is 2.45. The first kappa shape index (κ1) is 25.2. The third kappa shape index (κ3) is 4.78. The van der Waals surface area contributed by atoms with Gasteiger partial charge in [-0.3, -0.25) is 9.52 Å². The molecule has 2 N–H and O–H groups in total. The predicted molar refractivity (Wildman–Crippen MR) is 140 cm³/mol. The molecule has 0 atom stereocenters. The lowest BCUT2D eigenvalue weighted by Gasteiger charge is -2.38. The van der Waals surface area contributed by atoms with Crippen molar-refractivity contribution >= 4 is 37.3 Å². The zero-order chi connectivity index (χ0) is 25.8. The van der Waals surface area contributed by atoms with Gasteiger partial charge in [-0.2, -0.15) is 0 Å². The molecule has 0 bridgehead atoms. The minimum Gasteiger partial charge on any atom is -0.307 e. The van der Waals surface area contributed by atoms with E-state index in [1.54, 1.807) is 29.2 Å². The Morgan fingerprint density at radius 1 is 0.917 bits per heavy atom. The van der Waals surface area contributed by atoms with Gasteiger partial charge in [0.25, 0.3) is 5.91 Å². The van der Waals surface area contributed by atoms with Crippen molar-refractivity contribution in [3.63, 3.8) is 0 Å². The number of rotatable bonds is 6. The van der Waals surface area contributed by atoms with Crippen molar-refractivity contribution in [2.75, 3.05) is 22.4 Å². The molecule has 194 valence electrons. The summed E-state index contributed by atoms with van der Waals surface area (Å²) in [6.45, 7) is 2.40. The molecule has 2 aliphatic carbocycles. The number of hydrogen-bond donors (Lipinski definition) is 2. The average Bonchev–Trinajstić information content (AvgIpc) is 3.10. The topological polar surface area (TPSA) is 113 Å². The van der Waals surface area contributed by atoms with Gasteiger partial charge in [-0.1, -0.05) is 25.3 Å². The molecular weight excluding hydrogens is 498 g/mol. The Morgan fingerprint density at radius 2 is 1.64 bits per heavy atom. The number of hydrogen-bond acceptors (Lipinski definition) is 5. The molecule has 5 rings (SSSR count). The number of fused-ring (bicyclic) bond motifs is 2. The van der Waals surface area contributed by atoms with Crippen LogP contribution in [-0.4, -0.2) is 41.1 Å². The van der Waals surface area contributed by atoms with Crippen molar-refractivity contribution in [1.82, 2.24) is 4.72 Å². The summed E-state index contributed by atoms with van der Waals surface area (Å²) >= 11 is 0. The van der Waals surface area contributed by atoms with Crippen LogP contribution in [0, 0.1) is 0 Å². The minimum absolute atomic E-state index is 0.0842. The van der Waals surface area contributed by atoms with Gasteiger partial charge in [0.1, 0.15) is 0 Å². The van der Waals surface area contributed by atoms with Gasteiger partial charge in [-0.15, -0.1) is 0 Å². The molecule has 0 radical (unpaired) electrons. The molecule has 2 aromatic rings. The Labute approximate surface area is 213 Å². The van der Waals surface area contributed by atoms with E-state index in [2.05, 4.69) is 9.44 Å². The van der Waals surface area contributed by atoms with E-state index in [4.69, 9.17) is 0 Å². The maximum Gasteiger partial charge on any atom is 0.258 e. The van der Waals surface area contributed by atoms with E-state index in [0.717, 1.165) is 68.9 Å².